The topological polar surface area (TPSA) is 64.9 Å². The average Bonchev–Trinajstić information content (AvgIpc) is 2.65. The Morgan fingerprint density at radius 1 is 1.36 bits per heavy atom. The second-order valence-electron chi connectivity index (χ2n) is 3.06. The van der Waals surface area contributed by atoms with Gasteiger partial charge in [-0.05, 0) is 19.1 Å². The fourth-order valence-electron chi connectivity index (χ4n) is 1.24. The standard InChI is InChI=1S/C10H11N3O/c1-7-2-3-9(14-7)10(11)8-6-12-4-5-13-8/h2-6,10H,11H2,1H3. The predicted molar refractivity (Wildman–Crippen MR) is 51.5 cm³/mol. The van der Waals surface area contributed by atoms with Crippen molar-refractivity contribution in [2.24, 2.45) is 5.73 Å². The van der Waals surface area contributed by atoms with Crippen LogP contribution in [0.5, 0.6) is 0 Å². The summed E-state index contributed by atoms with van der Waals surface area (Å²) in [6.07, 6.45) is 4.87. The zero-order chi connectivity index (χ0) is 9.97. The van der Waals surface area contributed by atoms with Crippen molar-refractivity contribution in [1.82, 2.24) is 9.97 Å². The molecule has 2 aromatic rings. The van der Waals surface area contributed by atoms with E-state index in [-0.39, 0.29) is 6.04 Å². The molecule has 0 aromatic carbocycles. The highest BCUT2D eigenvalue weighted by atomic mass is 16.3. The molecule has 1 unspecified atom stereocenters. The van der Waals surface area contributed by atoms with Crippen molar-refractivity contribution >= 4 is 0 Å². The first-order valence-electron chi connectivity index (χ1n) is 4.35. The Morgan fingerprint density at radius 2 is 2.21 bits per heavy atom. The van der Waals surface area contributed by atoms with Gasteiger partial charge in [0, 0.05) is 12.4 Å². The van der Waals surface area contributed by atoms with Gasteiger partial charge in [0.2, 0.25) is 0 Å². The molecule has 0 saturated carbocycles. The molecule has 0 aliphatic rings. The second-order valence-corrected chi connectivity index (χ2v) is 3.06. The third-order valence-electron chi connectivity index (χ3n) is 1.97. The third-order valence-corrected chi connectivity index (χ3v) is 1.97. The number of furan rings is 1. The average molecular weight is 189 g/mol. The smallest absolute Gasteiger partial charge is 0.127 e. The molecule has 2 aromatic heterocycles. The molecule has 0 radical (unpaired) electrons. The zero-order valence-electron chi connectivity index (χ0n) is 7.84. The molecule has 0 amide bonds. The van der Waals surface area contributed by atoms with E-state index in [2.05, 4.69) is 9.97 Å². The minimum absolute atomic E-state index is 0.336. The van der Waals surface area contributed by atoms with Gasteiger partial charge in [0.25, 0.3) is 0 Å². The van der Waals surface area contributed by atoms with Gasteiger partial charge in [-0.15, -0.1) is 0 Å². The summed E-state index contributed by atoms with van der Waals surface area (Å²) >= 11 is 0. The summed E-state index contributed by atoms with van der Waals surface area (Å²) in [5, 5.41) is 0. The number of rotatable bonds is 2. The van der Waals surface area contributed by atoms with E-state index in [0.717, 1.165) is 5.76 Å². The van der Waals surface area contributed by atoms with E-state index in [4.69, 9.17) is 10.2 Å². The lowest BCUT2D eigenvalue weighted by Gasteiger charge is -2.06. The molecule has 2 N–H and O–H groups in total. The highest BCUT2D eigenvalue weighted by molar-refractivity contribution is 5.18. The van der Waals surface area contributed by atoms with Crippen LogP contribution >= 0.6 is 0 Å². The highest BCUT2D eigenvalue weighted by Gasteiger charge is 2.13. The lowest BCUT2D eigenvalue weighted by atomic mass is 10.2. The fraction of sp³-hybridized carbons (Fsp3) is 0.200. The molecule has 0 aliphatic carbocycles. The lowest BCUT2D eigenvalue weighted by Crippen LogP contribution is -2.12. The zero-order valence-corrected chi connectivity index (χ0v) is 7.84. The molecule has 14 heavy (non-hydrogen) atoms. The highest BCUT2D eigenvalue weighted by Crippen LogP contribution is 2.18. The Kier molecular flexibility index (Phi) is 2.28. The monoisotopic (exact) mass is 189 g/mol. The van der Waals surface area contributed by atoms with Gasteiger partial charge in [0.1, 0.15) is 17.6 Å². The SMILES string of the molecule is Cc1ccc(C(N)c2cnccn2)o1. The van der Waals surface area contributed by atoms with Crippen LogP contribution in [-0.4, -0.2) is 9.97 Å². The van der Waals surface area contributed by atoms with Crippen LogP contribution < -0.4 is 5.73 Å². The molecule has 2 rings (SSSR count). The van der Waals surface area contributed by atoms with Crippen LogP contribution in [0.15, 0.2) is 35.1 Å². The Balaban J connectivity index is 2.29. The molecule has 0 bridgehead atoms. The van der Waals surface area contributed by atoms with E-state index in [0.29, 0.717) is 11.5 Å². The number of aromatic nitrogens is 2. The number of nitrogens with zero attached hydrogens (tertiary/aromatic N) is 2. The summed E-state index contributed by atoms with van der Waals surface area (Å²) < 4.78 is 5.41. The van der Waals surface area contributed by atoms with E-state index < -0.39 is 0 Å². The van der Waals surface area contributed by atoms with Crippen LogP contribution in [0.3, 0.4) is 0 Å². The summed E-state index contributed by atoms with van der Waals surface area (Å²) in [6.45, 7) is 1.88. The largest absolute Gasteiger partial charge is 0.464 e. The van der Waals surface area contributed by atoms with E-state index >= 15 is 0 Å². The van der Waals surface area contributed by atoms with E-state index in [9.17, 15) is 0 Å². The molecule has 72 valence electrons. The van der Waals surface area contributed by atoms with Crippen LogP contribution in [0.4, 0.5) is 0 Å². The first-order chi connectivity index (χ1) is 6.77. The molecule has 1 atom stereocenters. The molecule has 4 heteroatoms. The van der Waals surface area contributed by atoms with E-state index in [1.54, 1.807) is 18.6 Å². The summed E-state index contributed by atoms with van der Waals surface area (Å²) in [5.74, 6) is 1.56. The van der Waals surface area contributed by atoms with Crippen LogP contribution in [0, 0.1) is 6.92 Å². The van der Waals surface area contributed by atoms with Gasteiger partial charge >= 0.3 is 0 Å². The van der Waals surface area contributed by atoms with E-state index in [1.165, 1.54) is 0 Å². The van der Waals surface area contributed by atoms with Crippen molar-refractivity contribution in [3.63, 3.8) is 0 Å². The predicted octanol–water partition coefficient (Wildman–Crippen LogP) is 1.43. The Bertz CT molecular complexity index is 410. The molecule has 0 fully saturated rings. The molecule has 2 heterocycles. The van der Waals surface area contributed by atoms with Crippen molar-refractivity contribution in [2.45, 2.75) is 13.0 Å². The van der Waals surface area contributed by atoms with Gasteiger partial charge in [0.15, 0.2) is 0 Å². The summed E-state index contributed by atoms with van der Waals surface area (Å²) in [6, 6.07) is 3.40. The summed E-state index contributed by atoms with van der Waals surface area (Å²) in [4.78, 5) is 8.07. The van der Waals surface area contributed by atoms with Gasteiger partial charge in [-0.3, -0.25) is 9.97 Å². The minimum Gasteiger partial charge on any atom is -0.464 e. The number of hydrogen-bond acceptors (Lipinski definition) is 4. The minimum atomic E-state index is -0.336. The van der Waals surface area contributed by atoms with Gasteiger partial charge in [0.05, 0.1) is 11.9 Å². The van der Waals surface area contributed by atoms with Crippen molar-refractivity contribution in [1.29, 1.82) is 0 Å². The second kappa shape index (κ2) is 3.59. The molecule has 0 spiro atoms. The van der Waals surface area contributed by atoms with Gasteiger partial charge < -0.3 is 10.2 Å². The summed E-state index contributed by atoms with van der Waals surface area (Å²) in [5.41, 5.74) is 6.64. The normalized spacial score (nSPS) is 12.7. The molecular formula is C10H11N3O. The fourth-order valence-corrected chi connectivity index (χ4v) is 1.24. The van der Waals surface area contributed by atoms with Gasteiger partial charge in [-0.25, -0.2) is 0 Å². The van der Waals surface area contributed by atoms with Crippen molar-refractivity contribution in [2.75, 3.05) is 0 Å². The first kappa shape index (κ1) is 8.90. The molecule has 0 saturated heterocycles. The summed E-state index contributed by atoms with van der Waals surface area (Å²) in [7, 11) is 0. The van der Waals surface area contributed by atoms with Crippen LogP contribution in [0.2, 0.25) is 0 Å². The van der Waals surface area contributed by atoms with Gasteiger partial charge in [-0.2, -0.15) is 0 Å². The number of nitrogens with two attached hydrogens (primary N) is 1. The Hall–Kier alpha value is -1.68. The van der Waals surface area contributed by atoms with Crippen LogP contribution in [0.1, 0.15) is 23.3 Å². The lowest BCUT2D eigenvalue weighted by molar-refractivity contribution is 0.463. The number of aryl methyl sites for hydroxylation is 1. The maximum absolute atomic E-state index is 5.93. The molecular weight excluding hydrogens is 178 g/mol. The maximum Gasteiger partial charge on any atom is 0.127 e. The van der Waals surface area contributed by atoms with Gasteiger partial charge in [-0.1, -0.05) is 0 Å². The molecule has 0 aliphatic heterocycles. The van der Waals surface area contributed by atoms with E-state index in [1.807, 2.05) is 19.1 Å². The Morgan fingerprint density at radius 3 is 2.79 bits per heavy atom. The van der Waals surface area contributed by atoms with Crippen molar-refractivity contribution < 1.29 is 4.42 Å². The van der Waals surface area contributed by atoms with Crippen LogP contribution in [-0.2, 0) is 0 Å². The quantitative estimate of drug-likeness (QED) is 0.776. The maximum atomic E-state index is 5.93. The van der Waals surface area contributed by atoms with Crippen LogP contribution in [0.25, 0.3) is 0 Å². The third kappa shape index (κ3) is 1.65. The Labute approximate surface area is 81.8 Å². The van der Waals surface area contributed by atoms with Crippen molar-refractivity contribution in [3.8, 4) is 0 Å². The molecule has 4 nitrogen and oxygen atoms in total. The first-order valence-corrected chi connectivity index (χ1v) is 4.35. The number of hydrogen-bond donors (Lipinski definition) is 1. The van der Waals surface area contributed by atoms with Crippen molar-refractivity contribution in [3.05, 3.63) is 47.9 Å².